The van der Waals surface area contributed by atoms with Crippen molar-refractivity contribution in [2.24, 2.45) is 0 Å². The number of carbonyl (C=O) groups is 4. The minimum atomic E-state index is -1.03. The van der Waals surface area contributed by atoms with Crippen molar-refractivity contribution < 1.29 is 33.8 Å². The predicted molar refractivity (Wildman–Crippen MR) is 108 cm³/mol. The van der Waals surface area contributed by atoms with Gasteiger partial charge in [0.05, 0.1) is 7.11 Å². The number of rotatable bonds is 8. The van der Waals surface area contributed by atoms with Gasteiger partial charge in [0.1, 0.15) is 30.0 Å². The van der Waals surface area contributed by atoms with Crippen LogP contribution in [0, 0.1) is 0 Å². The molecule has 0 aromatic heterocycles. The summed E-state index contributed by atoms with van der Waals surface area (Å²) in [5.74, 6) is -1.80. The fraction of sp³-hybridized carbons (Fsp3) is 0.500. The molecular formula is C20H29N3O7. The van der Waals surface area contributed by atoms with Gasteiger partial charge in [0.25, 0.3) is 0 Å². The molecule has 0 aliphatic carbocycles. The summed E-state index contributed by atoms with van der Waals surface area (Å²) in [6, 6.07) is 4.10. The van der Waals surface area contributed by atoms with Crippen LogP contribution in [0.1, 0.15) is 33.3 Å². The van der Waals surface area contributed by atoms with Crippen LogP contribution in [0.4, 0.5) is 4.79 Å². The summed E-state index contributed by atoms with van der Waals surface area (Å²) in [4.78, 5) is 48.2. The third-order valence-electron chi connectivity index (χ3n) is 3.77. The Morgan fingerprint density at radius 2 is 1.63 bits per heavy atom. The number of amides is 3. The number of benzene rings is 1. The molecule has 0 heterocycles. The third-order valence-corrected chi connectivity index (χ3v) is 3.77. The molecule has 0 saturated carbocycles. The zero-order valence-electron chi connectivity index (χ0n) is 17.8. The number of alkyl carbamates (subject to hydrolysis) is 1. The number of esters is 1. The van der Waals surface area contributed by atoms with Crippen LogP contribution in [0.15, 0.2) is 24.3 Å². The Morgan fingerprint density at radius 3 is 2.17 bits per heavy atom. The van der Waals surface area contributed by atoms with Crippen molar-refractivity contribution in [3.8, 4) is 5.75 Å². The van der Waals surface area contributed by atoms with Gasteiger partial charge < -0.3 is 30.5 Å². The van der Waals surface area contributed by atoms with E-state index >= 15 is 0 Å². The normalized spacial score (nSPS) is 12.8. The summed E-state index contributed by atoms with van der Waals surface area (Å²) >= 11 is 0. The molecular weight excluding hydrogens is 394 g/mol. The summed E-state index contributed by atoms with van der Waals surface area (Å²) in [6.07, 6.45) is -0.673. The van der Waals surface area contributed by atoms with Crippen LogP contribution < -0.4 is 16.0 Å². The summed E-state index contributed by atoms with van der Waals surface area (Å²) in [5.41, 5.74) is -0.0609. The highest BCUT2D eigenvalue weighted by Gasteiger charge is 2.26. The second-order valence-corrected chi connectivity index (χ2v) is 7.59. The summed E-state index contributed by atoms with van der Waals surface area (Å²) in [7, 11) is 1.19. The Hall–Kier alpha value is -3.30. The van der Waals surface area contributed by atoms with Gasteiger partial charge in [0, 0.05) is 6.42 Å². The Bertz CT molecular complexity index is 757. The van der Waals surface area contributed by atoms with Crippen LogP contribution in [-0.4, -0.2) is 60.3 Å². The number of aromatic hydroxyl groups is 1. The van der Waals surface area contributed by atoms with E-state index in [1.807, 2.05) is 0 Å². The van der Waals surface area contributed by atoms with Gasteiger partial charge in [0.2, 0.25) is 11.8 Å². The molecule has 2 atom stereocenters. The predicted octanol–water partition coefficient (Wildman–Crippen LogP) is 0.622. The van der Waals surface area contributed by atoms with Crippen molar-refractivity contribution in [2.75, 3.05) is 13.7 Å². The molecule has 30 heavy (non-hydrogen) atoms. The number of ether oxygens (including phenoxy) is 2. The summed E-state index contributed by atoms with van der Waals surface area (Å²) in [6.45, 7) is 6.16. The van der Waals surface area contributed by atoms with E-state index in [1.165, 1.54) is 26.2 Å². The van der Waals surface area contributed by atoms with Gasteiger partial charge in [-0.1, -0.05) is 12.1 Å². The molecule has 0 fully saturated rings. The SMILES string of the molecule is COC(=O)CNC(=O)[C@H](Cc1ccc(O)cc1)NC(=O)[C@H](C)NC(=O)OC(C)(C)C. The fourth-order valence-corrected chi connectivity index (χ4v) is 2.28. The molecule has 0 unspecified atom stereocenters. The van der Waals surface area contributed by atoms with E-state index in [0.29, 0.717) is 5.56 Å². The van der Waals surface area contributed by atoms with Gasteiger partial charge in [-0.05, 0) is 45.4 Å². The molecule has 10 nitrogen and oxygen atoms in total. The van der Waals surface area contributed by atoms with E-state index in [1.54, 1.807) is 32.9 Å². The lowest BCUT2D eigenvalue weighted by atomic mass is 10.0. The van der Waals surface area contributed by atoms with Gasteiger partial charge in [-0.25, -0.2) is 4.79 Å². The van der Waals surface area contributed by atoms with Crippen LogP contribution in [0.25, 0.3) is 0 Å². The average molecular weight is 423 g/mol. The maximum atomic E-state index is 12.5. The van der Waals surface area contributed by atoms with Crippen LogP contribution in [0.2, 0.25) is 0 Å². The molecule has 0 spiro atoms. The smallest absolute Gasteiger partial charge is 0.408 e. The highest BCUT2D eigenvalue weighted by Crippen LogP contribution is 2.12. The minimum absolute atomic E-state index is 0.0599. The highest BCUT2D eigenvalue weighted by molar-refractivity contribution is 5.92. The number of phenolic OH excluding ortho intramolecular Hbond substituents is 1. The number of nitrogens with one attached hydrogen (secondary N) is 3. The van der Waals surface area contributed by atoms with Crippen LogP contribution >= 0.6 is 0 Å². The Labute approximate surface area is 175 Å². The summed E-state index contributed by atoms with van der Waals surface area (Å²) in [5, 5.41) is 16.7. The number of hydrogen-bond acceptors (Lipinski definition) is 7. The monoisotopic (exact) mass is 423 g/mol. The first-order valence-corrected chi connectivity index (χ1v) is 9.33. The average Bonchev–Trinajstić information content (AvgIpc) is 2.65. The van der Waals surface area contributed by atoms with E-state index in [9.17, 15) is 24.3 Å². The summed E-state index contributed by atoms with van der Waals surface area (Å²) < 4.78 is 9.60. The van der Waals surface area contributed by atoms with Crippen molar-refractivity contribution in [3.63, 3.8) is 0 Å². The van der Waals surface area contributed by atoms with Crippen LogP contribution in [0.3, 0.4) is 0 Å². The molecule has 3 amide bonds. The molecule has 166 valence electrons. The van der Waals surface area contributed by atoms with E-state index in [-0.39, 0.29) is 18.7 Å². The van der Waals surface area contributed by atoms with E-state index < -0.39 is 41.6 Å². The molecule has 0 bridgehead atoms. The molecule has 10 heteroatoms. The van der Waals surface area contributed by atoms with Gasteiger partial charge in [-0.2, -0.15) is 0 Å². The van der Waals surface area contributed by atoms with Crippen molar-refractivity contribution in [1.29, 1.82) is 0 Å². The van der Waals surface area contributed by atoms with Gasteiger partial charge in [-0.3, -0.25) is 14.4 Å². The molecule has 0 radical (unpaired) electrons. The molecule has 4 N–H and O–H groups in total. The Kier molecular flexibility index (Phi) is 9.10. The maximum Gasteiger partial charge on any atom is 0.408 e. The Morgan fingerprint density at radius 1 is 1.03 bits per heavy atom. The lowest BCUT2D eigenvalue weighted by Crippen LogP contribution is -2.54. The fourth-order valence-electron chi connectivity index (χ4n) is 2.28. The standard InChI is InChI=1S/C20H29N3O7/c1-12(22-19(28)30-20(2,3)4)17(26)23-15(18(27)21-11-16(25)29-5)10-13-6-8-14(24)9-7-13/h6-9,12,15,24H,10-11H2,1-5H3,(H,21,27)(H,22,28)(H,23,26)/t12-,15-/m0/s1. The minimum Gasteiger partial charge on any atom is -0.508 e. The van der Waals surface area contributed by atoms with Crippen molar-refractivity contribution in [2.45, 2.75) is 51.8 Å². The second-order valence-electron chi connectivity index (χ2n) is 7.59. The number of hydrogen-bond donors (Lipinski definition) is 4. The van der Waals surface area contributed by atoms with Crippen LogP contribution in [0.5, 0.6) is 5.75 Å². The quantitative estimate of drug-likeness (QED) is 0.449. The van der Waals surface area contributed by atoms with Gasteiger partial charge >= 0.3 is 12.1 Å². The zero-order chi connectivity index (χ0) is 22.9. The van der Waals surface area contributed by atoms with E-state index in [4.69, 9.17) is 4.74 Å². The van der Waals surface area contributed by atoms with Gasteiger partial charge in [0.15, 0.2) is 0 Å². The molecule has 0 aliphatic heterocycles. The molecule has 1 rings (SSSR count). The molecule has 1 aromatic carbocycles. The van der Waals surface area contributed by atoms with Crippen LogP contribution in [-0.2, 0) is 30.3 Å². The lowest BCUT2D eigenvalue weighted by molar-refractivity contribution is -0.141. The van der Waals surface area contributed by atoms with Crippen molar-refractivity contribution in [1.82, 2.24) is 16.0 Å². The largest absolute Gasteiger partial charge is 0.508 e. The third kappa shape index (κ3) is 9.26. The number of methoxy groups -OCH3 is 1. The zero-order valence-corrected chi connectivity index (χ0v) is 17.8. The van der Waals surface area contributed by atoms with Crippen molar-refractivity contribution >= 4 is 23.9 Å². The lowest BCUT2D eigenvalue weighted by Gasteiger charge is -2.23. The van der Waals surface area contributed by atoms with E-state index in [0.717, 1.165) is 0 Å². The first kappa shape index (κ1) is 24.7. The molecule has 0 aliphatic rings. The number of phenols is 1. The van der Waals surface area contributed by atoms with Gasteiger partial charge in [-0.15, -0.1) is 0 Å². The maximum absolute atomic E-state index is 12.5. The number of carbonyl (C=O) groups excluding carboxylic acids is 4. The second kappa shape index (κ2) is 11.0. The first-order valence-electron chi connectivity index (χ1n) is 9.33. The Balaban J connectivity index is 2.83. The first-order chi connectivity index (χ1) is 13.9. The molecule has 0 saturated heterocycles. The van der Waals surface area contributed by atoms with E-state index in [2.05, 4.69) is 20.7 Å². The topological polar surface area (TPSA) is 143 Å². The molecule has 1 aromatic rings. The van der Waals surface area contributed by atoms with Crippen molar-refractivity contribution in [3.05, 3.63) is 29.8 Å². The highest BCUT2D eigenvalue weighted by atomic mass is 16.6.